The molecule has 6 heteroatoms. The van der Waals surface area contributed by atoms with Crippen LogP contribution in [0.5, 0.6) is 0 Å². The first-order valence-corrected chi connectivity index (χ1v) is 7.31. The molecule has 2 N–H and O–H groups in total. The molecule has 0 spiro atoms. The number of nitrogens with zero attached hydrogens (tertiary/aromatic N) is 1. The second-order valence-corrected chi connectivity index (χ2v) is 6.26. The first kappa shape index (κ1) is 13.0. The summed E-state index contributed by atoms with van der Waals surface area (Å²) in [6, 6.07) is 9.19. The maximum absolute atomic E-state index is 5.97. The Kier molecular flexibility index (Phi) is 3.28. The minimum Gasteiger partial charge on any atom is -0.436 e. The second-order valence-electron chi connectivity index (χ2n) is 4.02. The zero-order valence-corrected chi connectivity index (χ0v) is 13.4. The smallest absolute Gasteiger partial charge is 0.227 e. The van der Waals surface area contributed by atoms with Gasteiger partial charge in [-0.25, -0.2) is 4.98 Å². The van der Waals surface area contributed by atoms with E-state index in [4.69, 9.17) is 21.8 Å². The van der Waals surface area contributed by atoms with Crippen molar-refractivity contribution >= 4 is 60.2 Å². The maximum atomic E-state index is 5.97. The molecule has 0 fully saturated rings. The van der Waals surface area contributed by atoms with E-state index in [2.05, 4.69) is 36.8 Å². The second kappa shape index (κ2) is 4.81. The molecule has 0 radical (unpaired) electrons. The number of oxazole rings is 1. The van der Waals surface area contributed by atoms with Gasteiger partial charge in [0.2, 0.25) is 5.89 Å². The Bertz CT molecular complexity index is 726. The number of anilines is 1. The Morgan fingerprint density at radius 2 is 1.74 bits per heavy atom. The lowest BCUT2D eigenvalue weighted by molar-refractivity contribution is 0.620. The predicted octanol–water partition coefficient (Wildman–Crippen LogP) is 5.26. The number of hydrogen-bond acceptors (Lipinski definition) is 3. The first-order chi connectivity index (χ1) is 9.02. The highest BCUT2D eigenvalue weighted by molar-refractivity contribution is 9.11. The number of fused-ring (bicyclic) bond motifs is 1. The van der Waals surface area contributed by atoms with E-state index in [9.17, 15) is 0 Å². The highest BCUT2D eigenvalue weighted by atomic mass is 79.9. The van der Waals surface area contributed by atoms with Gasteiger partial charge in [0.1, 0.15) is 5.52 Å². The van der Waals surface area contributed by atoms with Crippen LogP contribution in [-0.4, -0.2) is 4.98 Å². The molecule has 3 aromatic rings. The number of benzene rings is 2. The van der Waals surface area contributed by atoms with Crippen molar-refractivity contribution in [1.29, 1.82) is 0 Å². The fourth-order valence-electron chi connectivity index (χ4n) is 1.76. The zero-order valence-electron chi connectivity index (χ0n) is 9.45. The van der Waals surface area contributed by atoms with Crippen molar-refractivity contribution in [3.8, 4) is 11.5 Å². The molecule has 19 heavy (non-hydrogen) atoms. The summed E-state index contributed by atoms with van der Waals surface area (Å²) in [5, 5.41) is 0.475. The van der Waals surface area contributed by atoms with Gasteiger partial charge in [-0.2, -0.15) is 0 Å². The molecule has 3 nitrogen and oxygen atoms in total. The van der Waals surface area contributed by atoms with E-state index in [1.54, 1.807) is 12.1 Å². The Labute approximate surface area is 131 Å². The van der Waals surface area contributed by atoms with Gasteiger partial charge in [0.15, 0.2) is 5.58 Å². The summed E-state index contributed by atoms with van der Waals surface area (Å²) in [6.07, 6.45) is 0. The Morgan fingerprint density at radius 3 is 2.42 bits per heavy atom. The Balaban J connectivity index is 2.20. The molecule has 2 aromatic carbocycles. The molecule has 0 aliphatic rings. The SMILES string of the molecule is Nc1cc2oc(-c3cc(Br)cc(Br)c3)nc2cc1Cl. The summed E-state index contributed by atoms with van der Waals surface area (Å²) >= 11 is 12.8. The number of nitrogens with two attached hydrogens (primary N) is 1. The number of halogens is 3. The third-order valence-corrected chi connectivity index (χ3v) is 3.86. The number of rotatable bonds is 1. The van der Waals surface area contributed by atoms with Gasteiger partial charge in [-0.15, -0.1) is 0 Å². The number of nitrogen functional groups attached to an aromatic ring is 1. The van der Waals surface area contributed by atoms with Crippen molar-refractivity contribution in [1.82, 2.24) is 4.98 Å². The zero-order chi connectivity index (χ0) is 13.6. The molecule has 0 bridgehead atoms. The van der Waals surface area contributed by atoms with E-state index in [0.717, 1.165) is 14.5 Å². The summed E-state index contributed by atoms with van der Waals surface area (Å²) in [4.78, 5) is 4.42. The fraction of sp³-hybridized carbons (Fsp3) is 0. The quantitative estimate of drug-likeness (QED) is 0.565. The number of aromatic nitrogens is 1. The number of hydrogen-bond donors (Lipinski definition) is 1. The van der Waals surface area contributed by atoms with Crippen molar-refractivity contribution in [3.05, 3.63) is 44.3 Å². The van der Waals surface area contributed by atoms with E-state index >= 15 is 0 Å². The van der Waals surface area contributed by atoms with E-state index in [0.29, 0.717) is 27.7 Å². The molecule has 96 valence electrons. The molecule has 3 rings (SSSR count). The van der Waals surface area contributed by atoms with Crippen LogP contribution in [0.3, 0.4) is 0 Å². The third-order valence-electron chi connectivity index (χ3n) is 2.62. The standard InChI is InChI=1S/C13H7Br2ClN2O/c14-7-1-6(2-8(15)3-7)13-18-11-4-9(16)10(17)5-12(11)19-13/h1-5H,17H2. The molecular formula is C13H7Br2ClN2O. The minimum absolute atomic E-state index is 0.475. The first-order valence-electron chi connectivity index (χ1n) is 5.35. The van der Waals surface area contributed by atoms with Crippen molar-refractivity contribution in [2.45, 2.75) is 0 Å². The molecular weight excluding hydrogens is 395 g/mol. The lowest BCUT2D eigenvalue weighted by atomic mass is 10.2. The maximum Gasteiger partial charge on any atom is 0.227 e. The summed E-state index contributed by atoms with van der Waals surface area (Å²) in [5.74, 6) is 0.527. The van der Waals surface area contributed by atoms with Crippen LogP contribution in [0, 0.1) is 0 Å². The van der Waals surface area contributed by atoms with Crippen molar-refractivity contribution in [2.24, 2.45) is 0 Å². The summed E-state index contributed by atoms with van der Waals surface area (Å²) in [7, 11) is 0. The highest BCUT2D eigenvalue weighted by Crippen LogP contribution is 2.32. The van der Waals surface area contributed by atoms with Gasteiger partial charge in [-0.05, 0) is 24.3 Å². The molecule has 0 amide bonds. The van der Waals surface area contributed by atoms with Crippen molar-refractivity contribution in [3.63, 3.8) is 0 Å². The molecule has 0 unspecified atom stereocenters. The highest BCUT2D eigenvalue weighted by Gasteiger charge is 2.11. The van der Waals surface area contributed by atoms with Gasteiger partial charge >= 0.3 is 0 Å². The molecule has 1 heterocycles. The van der Waals surface area contributed by atoms with Gasteiger partial charge in [0.25, 0.3) is 0 Å². The van der Waals surface area contributed by atoms with Gasteiger partial charge < -0.3 is 10.2 Å². The van der Waals surface area contributed by atoms with Gasteiger partial charge in [-0.1, -0.05) is 43.5 Å². The van der Waals surface area contributed by atoms with Crippen molar-refractivity contribution < 1.29 is 4.42 Å². The summed E-state index contributed by atoms with van der Waals surface area (Å²) < 4.78 is 7.59. The largest absolute Gasteiger partial charge is 0.436 e. The van der Waals surface area contributed by atoms with E-state index in [1.807, 2.05) is 18.2 Å². The lowest BCUT2D eigenvalue weighted by Gasteiger charge is -1.98. The lowest BCUT2D eigenvalue weighted by Crippen LogP contribution is -1.84. The van der Waals surface area contributed by atoms with Crippen LogP contribution in [0.2, 0.25) is 5.02 Å². The van der Waals surface area contributed by atoms with Crippen LogP contribution in [0.25, 0.3) is 22.6 Å². The Hall–Kier alpha value is -1.04. The predicted molar refractivity (Wildman–Crippen MR) is 84.3 cm³/mol. The summed E-state index contributed by atoms with van der Waals surface area (Å²) in [6.45, 7) is 0. The third kappa shape index (κ3) is 2.50. The molecule has 0 saturated carbocycles. The van der Waals surface area contributed by atoms with E-state index < -0.39 is 0 Å². The molecule has 1 aromatic heterocycles. The molecule has 0 aliphatic carbocycles. The average molecular weight is 402 g/mol. The fourth-order valence-corrected chi connectivity index (χ4v) is 3.22. The van der Waals surface area contributed by atoms with Crippen LogP contribution in [0.4, 0.5) is 5.69 Å². The van der Waals surface area contributed by atoms with Gasteiger partial charge in [0, 0.05) is 20.6 Å². The Morgan fingerprint density at radius 1 is 1.05 bits per heavy atom. The van der Waals surface area contributed by atoms with Gasteiger partial charge in [-0.3, -0.25) is 0 Å². The van der Waals surface area contributed by atoms with E-state index in [-0.39, 0.29) is 0 Å². The summed E-state index contributed by atoms with van der Waals surface area (Å²) in [5.41, 5.74) is 8.40. The van der Waals surface area contributed by atoms with E-state index in [1.165, 1.54) is 0 Å². The van der Waals surface area contributed by atoms with Crippen LogP contribution in [-0.2, 0) is 0 Å². The van der Waals surface area contributed by atoms with Crippen molar-refractivity contribution in [2.75, 3.05) is 5.73 Å². The van der Waals surface area contributed by atoms with Crippen LogP contribution in [0.15, 0.2) is 43.7 Å². The van der Waals surface area contributed by atoms with Crippen LogP contribution >= 0.6 is 43.5 Å². The normalized spacial score (nSPS) is 11.1. The van der Waals surface area contributed by atoms with Crippen LogP contribution < -0.4 is 5.73 Å². The van der Waals surface area contributed by atoms with Gasteiger partial charge in [0.05, 0.1) is 10.7 Å². The average Bonchev–Trinajstić information content (AvgIpc) is 2.71. The minimum atomic E-state index is 0.475. The molecule has 0 atom stereocenters. The van der Waals surface area contributed by atoms with Crippen LogP contribution in [0.1, 0.15) is 0 Å². The molecule has 0 saturated heterocycles. The monoisotopic (exact) mass is 400 g/mol. The topological polar surface area (TPSA) is 52.0 Å². The molecule has 0 aliphatic heterocycles.